The molecule has 0 bridgehead atoms. The Morgan fingerprint density at radius 2 is 1.70 bits per heavy atom. The quantitative estimate of drug-likeness (QED) is 0.911. The summed E-state index contributed by atoms with van der Waals surface area (Å²) in [7, 11) is -2.22. The lowest BCUT2D eigenvalue weighted by Crippen LogP contribution is -2.31. The summed E-state index contributed by atoms with van der Waals surface area (Å²) in [6.07, 6.45) is -0.965. The molecule has 0 radical (unpaired) electrons. The Morgan fingerprint density at radius 1 is 1.13 bits per heavy atom. The fourth-order valence-corrected chi connectivity index (χ4v) is 3.29. The highest BCUT2D eigenvalue weighted by Gasteiger charge is 2.23. The second-order valence-corrected chi connectivity index (χ2v) is 7.39. The number of aliphatic hydroxyl groups excluding tert-OH is 1. The summed E-state index contributed by atoms with van der Waals surface area (Å²) < 4.78 is 26.1. The van der Waals surface area contributed by atoms with Crippen LogP contribution in [0.5, 0.6) is 0 Å². The van der Waals surface area contributed by atoms with Crippen LogP contribution in [0.25, 0.3) is 0 Å². The summed E-state index contributed by atoms with van der Waals surface area (Å²) in [4.78, 5) is 0.192. The highest BCUT2D eigenvalue weighted by Crippen LogP contribution is 2.20. The molecule has 1 N–H and O–H groups in total. The van der Waals surface area contributed by atoms with E-state index in [2.05, 4.69) is 0 Å². The van der Waals surface area contributed by atoms with Crippen LogP contribution < -0.4 is 0 Å². The number of aryl methyl sites for hydroxylation is 1. The third-order valence-electron chi connectivity index (χ3n) is 3.58. The van der Waals surface area contributed by atoms with Crippen LogP contribution in [-0.4, -0.2) is 31.4 Å². The predicted molar refractivity (Wildman–Crippen MR) is 87.1 cm³/mol. The number of rotatable bonds is 5. The van der Waals surface area contributed by atoms with Crippen LogP contribution in [0.15, 0.2) is 53.4 Å². The predicted octanol–water partition coefficient (Wildman–Crippen LogP) is 2.22. The van der Waals surface area contributed by atoms with Crippen LogP contribution >= 0.6 is 0 Å². The Kier molecular flexibility index (Phi) is 5.16. The average molecular weight is 330 g/mol. The molecule has 0 amide bonds. The minimum atomic E-state index is -3.65. The van der Waals surface area contributed by atoms with Gasteiger partial charge in [0.05, 0.1) is 22.6 Å². The Hall–Kier alpha value is -2.20. The molecule has 1 unspecified atom stereocenters. The van der Waals surface area contributed by atoms with Gasteiger partial charge in [0.1, 0.15) is 0 Å². The molecule has 0 aromatic heterocycles. The summed E-state index contributed by atoms with van der Waals surface area (Å²) >= 11 is 0. The van der Waals surface area contributed by atoms with E-state index in [1.165, 1.54) is 7.05 Å². The lowest BCUT2D eigenvalue weighted by atomic mass is 10.1. The van der Waals surface area contributed by atoms with Crippen LogP contribution in [0.4, 0.5) is 0 Å². The summed E-state index contributed by atoms with van der Waals surface area (Å²) in [6, 6.07) is 15.0. The van der Waals surface area contributed by atoms with E-state index in [9.17, 15) is 13.5 Å². The molecule has 0 spiro atoms. The largest absolute Gasteiger partial charge is 0.387 e. The van der Waals surface area contributed by atoms with Crippen molar-refractivity contribution in [3.63, 3.8) is 0 Å². The third kappa shape index (κ3) is 3.96. The number of aliphatic hydroxyl groups is 1. The van der Waals surface area contributed by atoms with Gasteiger partial charge in [0, 0.05) is 13.6 Å². The molecule has 120 valence electrons. The van der Waals surface area contributed by atoms with Crippen molar-refractivity contribution in [2.45, 2.75) is 17.9 Å². The van der Waals surface area contributed by atoms with Crippen LogP contribution in [0.1, 0.15) is 22.8 Å². The van der Waals surface area contributed by atoms with Gasteiger partial charge in [-0.1, -0.05) is 29.8 Å². The molecule has 2 aromatic rings. The fraction of sp³-hybridized carbons (Fsp3) is 0.235. The van der Waals surface area contributed by atoms with Crippen molar-refractivity contribution in [3.05, 3.63) is 65.2 Å². The standard InChI is InChI=1S/C17H18N2O3S/c1-13-3-9-16(10-4-13)23(21,22)19(2)12-17(20)15-7-5-14(11-18)6-8-15/h3-10,17,20H,12H2,1-2H3. The molecular formula is C17H18N2O3S. The molecule has 2 rings (SSSR count). The zero-order valence-electron chi connectivity index (χ0n) is 13.0. The van der Waals surface area contributed by atoms with Gasteiger partial charge in [0.2, 0.25) is 10.0 Å². The van der Waals surface area contributed by atoms with Crippen LogP contribution in [0, 0.1) is 18.3 Å². The SMILES string of the molecule is Cc1ccc(S(=O)(=O)N(C)CC(O)c2ccc(C#N)cc2)cc1. The van der Waals surface area contributed by atoms with Crippen molar-refractivity contribution in [1.29, 1.82) is 5.26 Å². The molecule has 0 aliphatic heterocycles. The lowest BCUT2D eigenvalue weighted by molar-refractivity contribution is 0.155. The topological polar surface area (TPSA) is 81.4 Å². The number of likely N-dealkylation sites (N-methyl/N-ethyl adjacent to an activating group) is 1. The maximum atomic E-state index is 12.5. The van der Waals surface area contributed by atoms with Crippen molar-refractivity contribution >= 4 is 10.0 Å². The van der Waals surface area contributed by atoms with Crippen molar-refractivity contribution in [2.75, 3.05) is 13.6 Å². The van der Waals surface area contributed by atoms with E-state index in [-0.39, 0.29) is 11.4 Å². The molecule has 2 aromatic carbocycles. The van der Waals surface area contributed by atoms with E-state index >= 15 is 0 Å². The molecule has 0 aliphatic carbocycles. The van der Waals surface area contributed by atoms with Gasteiger partial charge >= 0.3 is 0 Å². The number of sulfonamides is 1. The first-order valence-electron chi connectivity index (χ1n) is 7.05. The molecule has 0 fully saturated rings. The van der Waals surface area contributed by atoms with Crippen molar-refractivity contribution in [1.82, 2.24) is 4.31 Å². The first kappa shape index (κ1) is 17.2. The van der Waals surface area contributed by atoms with Gasteiger partial charge in [0.15, 0.2) is 0 Å². The van der Waals surface area contributed by atoms with Crippen molar-refractivity contribution < 1.29 is 13.5 Å². The molecule has 0 aliphatic rings. The van der Waals surface area contributed by atoms with Crippen molar-refractivity contribution in [2.24, 2.45) is 0 Å². The van der Waals surface area contributed by atoms with Crippen molar-refractivity contribution in [3.8, 4) is 6.07 Å². The molecule has 0 heterocycles. The Labute approximate surface area is 136 Å². The van der Waals surface area contributed by atoms with E-state index in [1.54, 1.807) is 48.5 Å². The summed E-state index contributed by atoms with van der Waals surface area (Å²) in [6.45, 7) is 1.82. The van der Waals surface area contributed by atoms with Gasteiger partial charge in [-0.3, -0.25) is 0 Å². The second-order valence-electron chi connectivity index (χ2n) is 5.35. The molecule has 5 nitrogen and oxygen atoms in total. The van der Waals surface area contributed by atoms with Gasteiger partial charge in [0.25, 0.3) is 0 Å². The molecule has 0 saturated heterocycles. The van der Waals surface area contributed by atoms with E-state index in [1.807, 2.05) is 13.0 Å². The Bertz CT molecular complexity index is 806. The molecule has 23 heavy (non-hydrogen) atoms. The van der Waals surface area contributed by atoms with Crippen LogP contribution in [-0.2, 0) is 10.0 Å². The van der Waals surface area contributed by atoms with E-state index in [0.29, 0.717) is 11.1 Å². The molecule has 6 heteroatoms. The first-order chi connectivity index (χ1) is 10.8. The average Bonchev–Trinajstić information content (AvgIpc) is 2.55. The summed E-state index contributed by atoms with van der Waals surface area (Å²) in [5.41, 5.74) is 2.03. The fourth-order valence-electron chi connectivity index (χ4n) is 2.12. The normalized spacial score (nSPS) is 12.8. The number of hydrogen-bond donors (Lipinski definition) is 1. The number of hydrogen-bond acceptors (Lipinski definition) is 4. The Balaban J connectivity index is 2.14. The summed E-state index contributed by atoms with van der Waals surface area (Å²) in [5.74, 6) is 0. The van der Waals surface area contributed by atoms with Crippen LogP contribution in [0.2, 0.25) is 0 Å². The highest BCUT2D eigenvalue weighted by atomic mass is 32.2. The van der Waals surface area contributed by atoms with Gasteiger partial charge in [-0.2, -0.15) is 9.57 Å². The number of benzene rings is 2. The maximum absolute atomic E-state index is 12.5. The summed E-state index contributed by atoms with van der Waals surface area (Å²) in [5, 5.41) is 19.0. The van der Waals surface area contributed by atoms with Gasteiger partial charge in [-0.25, -0.2) is 8.42 Å². The zero-order chi connectivity index (χ0) is 17.0. The maximum Gasteiger partial charge on any atom is 0.242 e. The lowest BCUT2D eigenvalue weighted by Gasteiger charge is -2.21. The first-order valence-corrected chi connectivity index (χ1v) is 8.49. The third-order valence-corrected chi connectivity index (χ3v) is 5.42. The van der Waals surface area contributed by atoms with Crippen LogP contribution in [0.3, 0.4) is 0 Å². The van der Waals surface area contributed by atoms with E-state index < -0.39 is 16.1 Å². The Morgan fingerprint density at radius 3 is 2.22 bits per heavy atom. The minimum absolute atomic E-state index is 0.0674. The highest BCUT2D eigenvalue weighted by molar-refractivity contribution is 7.89. The number of nitriles is 1. The number of nitrogens with zero attached hydrogens (tertiary/aromatic N) is 2. The van der Waals surface area contributed by atoms with Gasteiger partial charge in [-0.05, 0) is 36.8 Å². The van der Waals surface area contributed by atoms with E-state index in [0.717, 1.165) is 9.87 Å². The van der Waals surface area contributed by atoms with Gasteiger partial charge in [-0.15, -0.1) is 0 Å². The van der Waals surface area contributed by atoms with Gasteiger partial charge < -0.3 is 5.11 Å². The molecule has 1 atom stereocenters. The minimum Gasteiger partial charge on any atom is -0.387 e. The smallest absolute Gasteiger partial charge is 0.242 e. The second kappa shape index (κ2) is 6.92. The molecule has 0 saturated carbocycles. The molecular weight excluding hydrogens is 312 g/mol. The van der Waals surface area contributed by atoms with E-state index in [4.69, 9.17) is 5.26 Å². The monoisotopic (exact) mass is 330 g/mol. The zero-order valence-corrected chi connectivity index (χ0v) is 13.8.